The van der Waals surface area contributed by atoms with E-state index in [0.29, 0.717) is 19.3 Å². The second-order valence-corrected chi connectivity index (χ2v) is 19.9. The van der Waals surface area contributed by atoms with E-state index < -0.39 is 6.10 Å². The molecule has 6 heteroatoms. The molecule has 0 spiro atoms. The molecular weight excluding hydrogens is 913 g/mol. The molecule has 0 aliphatic heterocycles. The second-order valence-electron chi connectivity index (χ2n) is 19.9. The van der Waals surface area contributed by atoms with E-state index in [1.54, 1.807) is 0 Å². The number of hydrogen-bond donors (Lipinski definition) is 0. The molecule has 0 saturated carbocycles. The summed E-state index contributed by atoms with van der Waals surface area (Å²) < 4.78 is 16.8. The molecule has 0 aliphatic carbocycles. The van der Waals surface area contributed by atoms with Gasteiger partial charge in [-0.25, -0.2) is 0 Å². The Balaban J connectivity index is 4.32. The first kappa shape index (κ1) is 69.8. The van der Waals surface area contributed by atoms with Gasteiger partial charge in [0.15, 0.2) is 6.10 Å². The normalized spacial score (nSPS) is 13.0. The lowest BCUT2D eigenvalue weighted by atomic mass is 10.1. The molecule has 0 saturated heterocycles. The first-order chi connectivity index (χ1) is 36.5. The van der Waals surface area contributed by atoms with Gasteiger partial charge in [-0.05, 0) is 128 Å². The Morgan fingerprint density at radius 1 is 0.284 bits per heavy atom. The van der Waals surface area contributed by atoms with E-state index >= 15 is 0 Å². The van der Waals surface area contributed by atoms with E-state index in [4.69, 9.17) is 14.2 Å². The molecule has 0 aromatic carbocycles. The van der Waals surface area contributed by atoms with Gasteiger partial charge in [-0.2, -0.15) is 0 Å². The first-order valence-corrected chi connectivity index (χ1v) is 30.5. The molecule has 1 unspecified atom stereocenters. The molecule has 0 rings (SSSR count). The maximum atomic E-state index is 12.9. The van der Waals surface area contributed by atoms with E-state index in [0.717, 1.165) is 148 Å². The maximum Gasteiger partial charge on any atom is 0.306 e. The van der Waals surface area contributed by atoms with Gasteiger partial charge < -0.3 is 14.2 Å². The number of hydrogen-bond acceptors (Lipinski definition) is 6. The molecule has 0 bridgehead atoms. The molecule has 0 N–H and O–H groups in total. The fourth-order valence-electron chi connectivity index (χ4n) is 8.10. The van der Waals surface area contributed by atoms with Crippen LogP contribution in [0.5, 0.6) is 0 Å². The van der Waals surface area contributed by atoms with Crippen LogP contribution >= 0.6 is 0 Å². The van der Waals surface area contributed by atoms with E-state index in [2.05, 4.69) is 142 Å². The van der Waals surface area contributed by atoms with Crippen molar-refractivity contribution in [2.75, 3.05) is 13.2 Å². The minimum atomic E-state index is -0.795. The highest BCUT2D eigenvalue weighted by Crippen LogP contribution is 2.14. The molecule has 1 atom stereocenters. The summed E-state index contributed by atoms with van der Waals surface area (Å²) in [7, 11) is 0. The van der Waals surface area contributed by atoms with Crippen molar-refractivity contribution in [3.63, 3.8) is 0 Å². The van der Waals surface area contributed by atoms with Crippen LogP contribution in [0.3, 0.4) is 0 Å². The largest absolute Gasteiger partial charge is 0.462 e. The Hall–Kier alpha value is -4.19. The summed E-state index contributed by atoms with van der Waals surface area (Å²) >= 11 is 0. The van der Waals surface area contributed by atoms with E-state index in [1.807, 2.05) is 0 Å². The summed E-state index contributed by atoms with van der Waals surface area (Å²) in [6.07, 6.45) is 84.8. The molecular formula is C68H112O6. The van der Waals surface area contributed by atoms with Crippen molar-refractivity contribution >= 4 is 17.9 Å². The van der Waals surface area contributed by atoms with E-state index in [1.165, 1.54) is 83.5 Å². The zero-order chi connectivity index (χ0) is 53.6. The van der Waals surface area contributed by atoms with Gasteiger partial charge in [0.05, 0.1) is 0 Å². The third kappa shape index (κ3) is 58.7. The highest BCUT2D eigenvalue weighted by atomic mass is 16.6. The Bertz CT molecular complexity index is 1550. The standard InChI is InChI=1S/C68H112O6/c1-4-7-10-13-16-19-22-24-26-28-30-31-32-33-34-35-36-37-39-40-42-44-46-49-52-55-58-61-67(70)73-64-65(63-72-66(69)60-57-54-51-48-21-18-15-12-9-6-3)74-68(71)62-59-56-53-50-47-45-43-41-38-29-27-25-23-20-17-14-11-8-5-2/h7,10,12,15-17,19-20,24-27,30-31,33-34,36-38,41,65H,4-6,8-9,11,13-14,18,21-23,28-29,32,35,39-40,42-64H2,1-3H3/b10-7-,15-12-,19-16-,20-17-,26-24-,27-25-,31-30-,34-33-,37-36-,41-38-. The lowest BCUT2D eigenvalue weighted by Crippen LogP contribution is -2.30. The van der Waals surface area contributed by atoms with Crippen molar-refractivity contribution in [3.05, 3.63) is 122 Å². The molecule has 0 aromatic heterocycles. The number of allylic oxidation sites excluding steroid dienone is 20. The van der Waals surface area contributed by atoms with Gasteiger partial charge in [0.2, 0.25) is 0 Å². The van der Waals surface area contributed by atoms with Crippen LogP contribution in [-0.2, 0) is 28.6 Å². The summed E-state index contributed by atoms with van der Waals surface area (Å²) in [5, 5.41) is 0. The predicted molar refractivity (Wildman–Crippen MR) is 320 cm³/mol. The second kappa shape index (κ2) is 61.4. The van der Waals surface area contributed by atoms with Crippen molar-refractivity contribution in [2.45, 2.75) is 277 Å². The average Bonchev–Trinajstić information content (AvgIpc) is 3.40. The topological polar surface area (TPSA) is 78.9 Å². The van der Waals surface area contributed by atoms with Crippen molar-refractivity contribution in [1.29, 1.82) is 0 Å². The van der Waals surface area contributed by atoms with Gasteiger partial charge in [-0.1, -0.05) is 245 Å². The smallest absolute Gasteiger partial charge is 0.306 e. The summed E-state index contributed by atoms with van der Waals surface area (Å²) in [6, 6.07) is 0. The molecule has 0 aromatic rings. The number of ether oxygens (including phenoxy) is 3. The van der Waals surface area contributed by atoms with Crippen LogP contribution in [0.4, 0.5) is 0 Å². The molecule has 0 heterocycles. The van der Waals surface area contributed by atoms with Gasteiger partial charge in [-0.3, -0.25) is 14.4 Å². The fourth-order valence-corrected chi connectivity index (χ4v) is 8.10. The van der Waals surface area contributed by atoms with E-state index in [9.17, 15) is 14.4 Å². The van der Waals surface area contributed by atoms with Gasteiger partial charge in [0.25, 0.3) is 0 Å². The molecule has 0 amide bonds. The number of rotatable bonds is 54. The van der Waals surface area contributed by atoms with Gasteiger partial charge >= 0.3 is 17.9 Å². The Morgan fingerprint density at radius 2 is 0.554 bits per heavy atom. The number of carbonyl (C=O) groups is 3. The molecule has 74 heavy (non-hydrogen) atoms. The Kier molecular flexibility index (Phi) is 57.9. The third-order valence-corrected chi connectivity index (χ3v) is 12.7. The minimum absolute atomic E-state index is 0.0926. The summed E-state index contributed by atoms with van der Waals surface area (Å²) in [4.78, 5) is 38.2. The van der Waals surface area contributed by atoms with Crippen LogP contribution in [0.1, 0.15) is 271 Å². The highest BCUT2D eigenvalue weighted by molar-refractivity contribution is 5.71. The van der Waals surface area contributed by atoms with Gasteiger partial charge in [0.1, 0.15) is 13.2 Å². The predicted octanol–water partition coefficient (Wildman–Crippen LogP) is 20.8. The zero-order valence-corrected chi connectivity index (χ0v) is 48.1. The van der Waals surface area contributed by atoms with Crippen molar-refractivity contribution in [3.8, 4) is 0 Å². The van der Waals surface area contributed by atoms with Crippen molar-refractivity contribution in [2.24, 2.45) is 0 Å². The fraction of sp³-hybridized carbons (Fsp3) is 0.662. The molecule has 6 nitrogen and oxygen atoms in total. The van der Waals surface area contributed by atoms with Gasteiger partial charge in [0, 0.05) is 19.3 Å². The molecule has 0 aliphatic rings. The van der Waals surface area contributed by atoms with Crippen LogP contribution in [-0.4, -0.2) is 37.2 Å². The SMILES string of the molecule is CC/C=C\C/C=C\C/C=C\C/C=C\C/C=C\C/C=C\CCCCCCCCCCC(=O)OCC(COC(=O)CCCCCCC/C=C\CCC)OC(=O)CCCCCCCC/C=C\C/C=C\C/C=C\CCCCC. The van der Waals surface area contributed by atoms with Crippen molar-refractivity contribution in [1.82, 2.24) is 0 Å². The Morgan fingerprint density at radius 3 is 0.892 bits per heavy atom. The van der Waals surface area contributed by atoms with E-state index in [-0.39, 0.29) is 31.1 Å². The molecule has 0 fully saturated rings. The highest BCUT2D eigenvalue weighted by Gasteiger charge is 2.19. The summed E-state index contributed by atoms with van der Waals surface area (Å²) in [5.74, 6) is -0.924. The number of unbranched alkanes of at least 4 members (excludes halogenated alkanes) is 23. The number of esters is 3. The molecule has 0 radical (unpaired) electrons. The first-order valence-electron chi connectivity index (χ1n) is 30.5. The van der Waals surface area contributed by atoms with Crippen LogP contribution in [0.15, 0.2) is 122 Å². The average molecular weight is 1030 g/mol. The quantitative estimate of drug-likeness (QED) is 0.0261. The summed E-state index contributed by atoms with van der Waals surface area (Å²) in [6.45, 7) is 6.41. The lowest BCUT2D eigenvalue weighted by molar-refractivity contribution is -0.167. The zero-order valence-electron chi connectivity index (χ0n) is 48.1. The van der Waals surface area contributed by atoms with Crippen LogP contribution < -0.4 is 0 Å². The number of carbonyl (C=O) groups excluding carboxylic acids is 3. The van der Waals surface area contributed by atoms with Gasteiger partial charge in [-0.15, -0.1) is 0 Å². The molecule has 420 valence electrons. The maximum absolute atomic E-state index is 12.9. The monoisotopic (exact) mass is 1020 g/mol. The van der Waals surface area contributed by atoms with Crippen LogP contribution in [0.2, 0.25) is 0 Å². The van der Waals surface area contributed by atoms with Crippen LogP contribution in [0, 0.1) is 0 Å². The Labute approximate surface area is 456 Å². The lowest BCUT2D eigenvalue weighted by Gasteiger charge is -2.18. The minimum Gasteiger partial charge on any atom is -0.462 e. The summed E-state index contributed by atoms with van der Waals surface area (Å²) in [5.41, 5.74) is 0. The van der Waals surface area contributed by atoms with Crippen LogP contribution in [0.25, 0.3) is 0 Å². The van der Waals surface area contributed by atoms with Crippen molar-refractivity contribution < 1.29 is 28.6 Å². The third-order valence-electron chi connectivity index (χ3n) is 12.7.